The summed E-state index contributed by atoms with van der Waals surface area (Å²) in [7, 11) is 0. The smallest absolute Gasteiger partial charge is 0.0598 e. The van der Waals surface area contributed by atoms with Gasteiger partial charge in [-0.05, 0) is 32.8 Å². The maximum Gasteiger partial charge on any atom is 0.0598 e. The molecule has 1 heteroatoms. The fourth-order valence-corrected chi connectivity index (χ4v) is 1.22. The summed E-state index contributed by atoms with van der Waals surface area (Å²) in [6.07, 6.45) is 5.25. The molecule has 15 heavy (non-hydrogen) atoms. The second-order valence-electron chi connectivity index (χ2n) is 4.56. The molecule has 0 bridgehead atoms. The van der Waals surface area contributed by atoms with Crippen LogP contribution in [0.15, 0.2) is 36.4 Å². The number of rotatable bonds is 4. The number of hydrogen-bond acceptors (Lipinski definition) is 1. The lowest BCUT2D eigenvalue weighted by atomic mass is 10.2. The minimum absolute atomic E-state index is 0.0272. The van der Waals surface area contributed by atoms with E-state index in [0.29, 0.717) is 0 Å². The molecule has 0 aliphatic heterocycles. The normalized spacial score (nSPS) is 12.2. The molecule has 0 unspecified atom stereocenters. The fourth-order valence-electron chi connectivity index (χ4n) is 1.22. The van der Waals surface area contributed by atoms with Crippen molar-refractivity contribution < 1.29 is 4.74 Å². The third kappa shape index (κ3) is 6.08. The van der Waals surface area contributed by atoms with E-state index in [1.807, 2.05) is 18.2 Å². The summed E-state index contributed by atoms with van der Waals surface area (Å²) in [6, 6.07) is 10.3. The molecule has 1 aromatic rings. The van der Waals surface area contributed by atoms with Crippen LogP contribution in [0.4, 0.5) is 0 Å². The van der Waals surface area contributed by atoms with Crippen LogP contribution in [0.3, 0.4) is 0 Å². The van der Waals surface area contributed by atoms with Gasteiger partial charge in [0.25, 0.3) is 0 Å². The molecule has 0 N–H and O–H groups in total. The van der Waals surface area contributed by atoms with Crippen LogP contribution < -0.4 is 0 Å². The summed E-state index contributed by atoms with van der Waals surface area (Å²) in [4.78, 5) is 0. The Morgan fingerprint density at radius 3 is 2.40 bits per heavy atom. The quantitative estimate of drug-likeness (QED) is 0.676. The lowest BCUT2D eigenvalue weighted by Gasteiger charge is -2.18. The Kier molecular flexibility index (Phi) is 4.57. The highest BCUT2D eigenvalue weighted by Gasteiger charge is 2.07. The molecule has 0 aliphatic carbocycles. The summed E-state index contributed by atoms with van der Waals surface area (Å²) in [5.74, 6) is 0. The van der Waals surface area contributed by atoms with Crippen LogP contribution in [0.25, 0.3) is 6.08 Å². The van der Waals surface area contributed by atoms with Gasteiger partial charge in [-0.15, -0.1) is 0 Å². The van der Waals surface area contributed by atoms with Crippen molar-refractivity contribution >= 4 is 6.08 Å². The van der Waals surface area contributed by atoms with Crippen LogP contribution in [0.2, 0.25) is 0 Å². The molecule has 82 valence electrons. The second kappa shape index (κ2) is 5.72. The van der Waals surface area contributed by atoms with E-state index in [1.165, 1.54) is 5.56 Å². The van der Waals surface area contributed by atoms with Crippen LogP contribution in [-0.2, 0) is 4.74 Å². The van der Waals surface area contributed by atoms with Crippen molar-refractivity contribution in [2.45, 2.75) is 32.8 Å². The molecule has 0 saturated carbocycles. The van der Waals surface area contributed by atoms with E-state index in [2.05, 4.69) is 45.1 Å². The Morgan fingerprint density at radius 1 is 1.13 bits per heavy atom. The Hall–Kier alpha value is -1.08. The summed E-state index contributed by atoms with van der Waals surface area (Å²) >= 11 is 0. The van der Waals surface area contributed by atoms with Crippen molar-refractivity contribution in [1.29, 1.82) is 0 Å². The molecule has 0 aliphatic rings. The molecule has 0 aromatic heterocycles. The third-order valence-electron chi connectivity index (χ3n) is 1.93. The average Bonchev–Trinajstić information content (AvgIpc) is 2.17. The number of hydrogen-bond donors (Lipinski definition) is 0. The predicted molar refractivity (Wildman–Crippen MR) is 65.8 cm³/mol. The van der Waals surface area contributed by atoms with Crippen LogP contribution in [-0.4, -0.2) is 12.2 Å². The summed E-state index contributed by atoms with van der Waals surface area (Å²) in [6.45, 7) is 7.02. The maximum absolute atomic E-state index is 5.62. The first-order valence-corrected chi connectivity index (χ1v) is 5.43. The fraction of sp³-hybridized carbons (Fsp3) is 0.429. The molecule has 0 atom stereocenters. The largest absolute Gasteiger partial charge is 0.376 e. The molecule has 0 spiro atoms. The van der Waals surface area contributed by atoms with Gasteiger partial charge in [-0.2, -0.15) is 0 Å². The van der Waals surface area contributed by atoms with Gasteiger partial charge >= 0.3 is 0 Å². The summed E-state index contributed by atoms with van der Waals surface area (Å²) in [5, 5.41) is 0. The van der Waals surface area contributed by atoms with E-state index in [4.69, 9.17) is 4.74 Å². The summed E-state index contributed by atoms with van der Waals surface area (Å²) < 4.78 is 5.62. The zero-order valence-electron chi connectivity index (χ0n) is 9.86. The van der Waals surface area contributed by atoms with E-state index < -0.39 is 0 Å². The SMILES string of the molecule is CC(C)(C)OCC/C=C\c1ccccc1. The lowest BCUT2D eigenvalue weighted by Crippen LogP contribution is -2.19. The number of ether oxygens (including phenoxy) is 1. The first-order chi connectivity index (χ1) is 7.08. The Morgan fingerprint density at radius 2 is 1.80 bits per heavy atom. The Bertz CT molecular complexity index is 293. The monoisotopic (exact) mass is 204 g/mol. The molecule has 0 heterocycles. The van der Waals surface area contributed by atoms with Gasteiger partial charge in [0.1, 0.15) is 0 Å². The molecular formula is C14H20O. The van der Waals surface area contributed by atoms with E-state index in [-0.39, 0.29) is 5.60 Å². The van der Waals surface area contributed by atoms with Gasteiger partial charge < -0.3 is 4.74 Å². The van der Waals surface area contributed by atoms with Gasteiger partial charge in [0, 0.05) is 0 Å². The van der Waals surface area contributed by atoms with Crippen molar-refractivity contribution in [1.82, 2.24) is 0 Å². The molecule has 0 fully saturated rings. The summed E-state index contributed by atoms with van der Waals surface area (Å²) in [5.41, 5.74) is 1.22. The van der Waals surface area contributed by atoms with Crippen molar-refractivity contribution in [2.24, 2.45) is 0 Å². The van der Waals surface area contributed by atoms with E-state index >= 15 is 0 Å². The zero-order chi connectivity index (χ0) is 11.1. The van der Waals surface area contributed by atoms with E-state index in [0.717, 1.165) is 13.0 Å². The van der Waals surface area contributed by atoms with Crippen molar-refractivity contribution in [3.8, 4) is 0 Å². The third-order valence-corrected chi connectivity index (χ3v) is 1.93. The first kappa shape index (κ1) is 12.0. The van der Waals surface area contributed by atoms with Crippen LogP contribution in [0.5, 0.6) is 0 Å². The van der Waals surface area contributed by atoms with Gasteiger partial charge in [-0.3, -0.25) is 0 Å². The lowest BCUT2D eigenvalue weighted by molar-refractivity contribution is -0.0000502. The molecule has 1 nitrogen and oxygen atoms in total. The molecule has 0 amide bonds. The highest BCUT2D eigenvalue weighted by Crippen LogP contribution is 2.07. The Balaban J connectivity index is 2.24. The van der Waals surface area contributed by atoms with Gasteiger partial charge in [0.05, 0.1) is 12.2 Å². The molecular weight excluding hydrogens is 184 g/mol. The molecule has 1 rings (SSSR count). The predicted octanol–water partition coefficient (Wildman–Crippen LogP) is 3.91. The second-order valence-corrected chi connectivity index (χ2v) is 4.56. The molecule has 0 saturated heterocycles. The molecule has 1 aromatic carbocycles. The van der Waals surface area contributed by atoms with E-state index in [9.17, 15) is 0 Å². The van der Waals surface area contributed by atoms with Gasteiger partial charge in [0.2, 0.25) is 0 Å². The van der Waals surface area contributed by atoms with Gasteiger partial charge in [-0.25, -0.2) is 0 Å². The van der Waals surface area contributed by atoms with Crippen molar-refractivity contribution in [3.63, 3.8) is 0 Å². The van der Waals surface area contributed by atoms with Crippen LogP contribution >= 0.6 is 0 Å². The zero-order valence-corrected chi connectivity index (χ0v) is 9.86. The minimum atomic E-state index is -0.0272. The maximum atomic E-state index is 5.62. The molecule has 0 radical (unpaired) electrons. The van der Waals surface area contributed by atoms with Gasteiger partial charge in [0.15, 0.2) is 0 Å². The van der Waals surface area contributed by atoms with Crippen LogP contribution in [0.1, 0.15) is 32.8 Å². The average molecular weight is 204 g/mol. The first-order valence-electron chi connectivity index (χ1n) is 5.43. The number of benzene rings is 1. The topological polar surface area (TPSA) is 9.23 Å². The Labute approximate surface area is 92.8 Å². The van der Waals surface area contributed by atoms with Crippen molar-refractivity contribution in [2.75, 3.05) is 6.61 Å². The van der Waals surface area contributed by atoms with Crippen molar-refractivity contribution in [3.05, 3.63) is 42.0 Å². The highest BCUT2D eigenvalue weighted by molar-refractivity contribution is 5.48. The minimum Gasteiger partial charge on any atom is -0.376 e. The van der Waals surface area contributed by atoms with Gasteiger partial charge in [-0.1, -0.05) is 42.5 Å². The standard InChI is InChI=1S/C14H20O/c1-14(2,3)15-12-8-7-11-13-9-5-4-6-10-13/h4-7,9-11H,8,12H2,1-3H3/b11-7-. The highest BCUT2D eigenvalue weighted by atomic mass is 16.5. The van der Waals surface area contributed by atoms with Crippen LogP contribution in [0, 0.1) is 0 Å². The van der Waals surface area contributed by atoms with E-state index in [1.54, 1.807) is 0 Å².